The van der Waals surface area contributed by atoms with Gasteiger partial charge in [0.2, 0.25) is 6.79 Å². The number of hydrogen-bond acceptors (Lipinski definition) is 4. The number of halogens is 1. The van der Waals surface area contributed by atoms with Gasteiger partial charge in [0, 0.05) is 22.6 Å². The molecule has 5 heteroatoms. The lowest BCUT2D eigenvalue weighted by Crippen LogP contribution is -2.12. The third kappa shape index (κ3) is 3.31. The smallest absolute Gasteiger partial charge is 0.231 e. The summed E-state index contributed by atoms with van der Waals surface area (Å²) in [4.78, 5) is 0. The molecule has 1 heterocycles. The first kappa shape index (κ1) is 14.2. The van der Waals surface area contributed by atoms with Gasteiger partial charge in [0.1, 0.15) is 11.5 Å². The van der Waals surface area contributed by atoms with Crippen LogP contribution in [0.3, 0.4) is 0 Å². The van der Waals surface area contributed by atoms with E-state index in [1.54, 1.807) is 0 Å². The van der Waals surface area contributed by atoms with Gasteiger partial charge in [-0.25, -0.2) is 0 Å². The molecular weight excluding hydrogens is 334 g/mol. The van der Waals surface area contributed by atoms with Crippen LogP contribution < -0.4 is 19.5 Å². The van der Waals surface area contributed by atoms with E-state index in [4.69, 9.17) is 14.2 Å². The Morgan fingerprint density at radius 1 is 1.14 bits per heavy atom. The second-order valence-corrected chi connectivity index (χ2v) is 5.57. The predicted octanol–water partition coefficient (Wildman–Crippen LogP) is 4.08. The van der Waals surface area contributed by atoms with Crippen molar-refractivity contribution in [2.45, 2.75) is 13.5 Å². The second kappa shape index (κ2) is 6.37. The van der Waals surface area contributed by atoms with Crippen molar-refractivity contribution in [1.82, 2.24) is 5.32 Å². The number of rotatable bonds is 5. The molecule has 0 atom stereocenters. The van der Waals surface area contributed by atoms with Crippen molar-refractivity contribution in [3.63, 3.8) is 0 Å². The number of nitrogens with one attached hydrogen (secondary N) is 1. The van der Waals surface area contributed by atoms with Crippen LogP contribution in [0.15, 0.2) is 40.9 Å². The van der Waals surface area contributed by atoms with E-state index in [1.807, 2.05) is 30.3 Å². The van der Waals surface area contributed by atoms with Crippen molar-refractivity contribution in [3.8, 4) is 23.0 Å². The fraction of sp³-hybridized carbons (Fsp3) is 0.250. The standard InChI is InChI=1S/C16H16BrNO3/c1-2-18-9-11-7-12(17)3-5-14(11)21-13-4-6-15-16(8-13)20-10-19-15/h3-8,18H,2,9-10H2,1H3. The number of fused-ring (bicyclic) bond motifs is 1. The molecule has 0 spiro atoms. The van der Waals surface area contributed by atoms with E-state index < -0.39 is 0 Å². The zero-order valence-corrected chi connectivity index (χ0v) is 13.3. The van der Waals surface area contributed by atoms with Gasteiger partial charge in [0.25, 0.3) is 0 Å². The summed E-state index contributed by atoms with van der Waals surface area (Å²) < 4.78 is 17.7. The molecule has 0 bridgehead atoms. The Morgan fingerprint density at radius 3 is 2.86 bits per heavy atom. The van der Waals surface area contributed by atoms with Crippen LogP contribution in [-0.2, 0) is 6.54 Å². The molecule has 4 nitrogen and oxygen atoms in total. The van der Waals surface area contributed by atoms with Gasteiger partial charge < -0.3 is 19.5 Å². The SMILES string of the molecule is CCNCc1cc(Br)ccc1Oc1ccc2c(c1)OCO2. The van der Waals surface area contributed by atoms with E-state index in [0.717, 1.165) is 46.1 Å². The molecule has 0 radical (unpaired) electrons. The molecule has 1 aliphatic rings. The van der Waals surface area contributed by atoms with Crippen LogP contribution in [0.4, 0.5) is 0 Å². The van der Waals surface area contributed by atoms with Gasteiger partial charge in [0.15, 0.2) is 11.5 Å². The predicted molar refractivity (Wildman–Crippen MR) is 84.2 cm³/mol. The number of benzene rings is 2. The minimum absolute atomic E-state index is 0.267. The van der Waals surface area contributed by atoms with E-state index in [0.29, 0.717) is 0 Å². The van der Waals surface area contributed by atoms with E-state index in [1.165, 1.54) is 0 Å². The summed E-state index contributed by atoms with van der Waals surface area (Å²) in [5, 5.41) is 3.31. The Bertz CT molecular complexity index is 645. The van der Waals surface area contributed by atoms with E-state index in [-0.39, 0.29) is 6.79 Å². The van der Waals surface area contributed by atoms with E-state index in [2.05, 4.69) is 34.2 Å². The minimum atomic E-state index is 0.267. The van der Waals surface area contributed by atoms with E-state index in [9.17, 15) is 0 Å². The summed E-state index contributed by atoms with van der Waals surface area (Å²) in [6.45, 7) is 4.02. The fourth-order valence-electron chi connectivity index (χ4n) is 2.11. The van der Waals surface area contributed by atoms with Gasteiger partial charge in [-0.3, -0.25) is 0 Å². The Labute approximate surface area is 132 Å². The maximum absolute atomic E-state index is 5.99. The average molecular weight is 350 g/mol. The highest BCUT2D eigenvalue weighted by molar-refractivity contribution is 9.10. The van der Waals surface area contributed by atoms with Gasteiger partial charge in [-0.05, 0) is 36.9 Å². The normalized spacial score (nSPS) is 12.5. The zero-order valence-electron chi connectivity index (χ0n) is 11.7. The molecule has 1 aliphatic heterocycles. The zero-order chi connectivity index (χ0) is 14.7. The third-order valence-electron chi connectivity index (χ3n) is 3.16. The van der Waals surface area contributed by atoms with Crippen molar-refractivity contribution in [3.05, 3.63) is 46.4 Å². The van der Waals surface area contributed by atoms with Crippen LogP contribution >= 0.6 is 15.9 Å². The summed E-state index contributed by atoms with van der Waals surface area (Å²) in [7, 11) is 0. The second-order valence-electron chi connectivity index (χ2n) is 4.65. The van der Waals surface area contributed by atoms with Crippen LogP contribution in [0.5, 0.6) is 23.0 Å². The van der Waals surface area contributed by atoms with Crippen molar-refractivity contribution >= 4 is 15.9 Å². The van der Waals surface area contributed by atoms with E-state index >= 15 is 0 Å². The molecule has 0 amide bonds. The lowest BCUT2D eigenvalue weighted by Gasteiger charge is -2.12. The molecule has 0 aromatic heterocycles. The molecule has 110 valence electrons. The first-order chi connectivity index (χ1) is 10.3. The molecule has 2 aromatic rings. The van der Waals surface area contributed by atoms with Crippen LogP contribution in [0.1, 0.15) is 12.5 Å². The van der Waals surface area contributed by atoms with Crippen LogP contribution in [0.2, 0.25) is 0 Å². The Balaban J connectivity index is 1.83. The van der Waals surface area contributed by atoms with Crippen LogP contribution in [-0.4, -0.2) is 13.3 Å². The van der Waals surface area contributed by atoms with Crippen molar-refractivity contribution < 1.29 is 14.2 Å². The fourth-order valence-corrected chi connectivity index (χ4v) is 2.52. The molecule has 21 heavy (non-hydrogen) atoms. The lowest BCUT2D eigenvalue weighted by atomic mass is 10.2. The average Bonchev–Trinajstić information content (AvgIpc) is 2.95. The Morgan fingerprint density at radius 2 is 2.00 bits per heavy atom. The van der Waals surface area contributed by atoms with Crippen molar-refractivity contribution in [1.29, 1.82) is 0 Å². The number of ether oxygens (including phenoxy) is 3. The maximum Gasteiger partial charge on any atom is 0.231 e. The highest BCUT2D eigenvalue weighted by Gasteiger charge is 2.14. The van der Waals surface area contributed by atoms with Gasteiger partial charge in [-0.1, -0.05) is 22.9 Å². The summed E-state index contributed by atoms with van der Waals surface area (Å²) in [6, 6.07) is 11.6. The van der Waals surface area contributed by atoms with Crippen LogP contribution in [0.25, 0.3) is 0 Å². The summed E-state index contributed by atoms with van der Waals surface area (Å²) >= 11 is 3.49. The summed E-state index contributed by atoms with van der Waals surface area (Å²) in [5.41, 5.74) is 1.10. The van der Waals surface area contributed by atoms with Gasteiger partial charge in [-0.15, -0.1) is 0 Å². The maximum atomic E-state index is 5.99. The largest absolute Gasteiger partial charge is 0.457 e. The molecule has 0 saturated heterocycles. The third-order valence-corrected chi connectivity index (χ3v) is 3.65. The van der Waals surface area contributed by atoms with Crippen molar-refractivity contribution in [2.24, 2.45) is 0 Å². The first-order valence-corrected chi connectivity index (χ1v) is 7.62. The highest BCUT2D eigenvalue weighted by atomic mass is 79.9. The molecule has 3 rings (SSSR count). The van der Waals surface area contributed by atoms with Gasteiger partial charge >= 0.3 is 0 Å². The molecule has 2 aromatic carbocycles. The lowest BCUT2D eigenvalue weighted by molar-refractivity contribution is 0.174. The van der Waals surface area contributed by atoms with Gasteiger partial charge in [-0.2, -0.15) is 0 Å². The molecular formula is C16H16BrNO3. The molecule has 0 aliphatic carbocycles. The minimum Gasteiger partial charge on any atom is -0.457 e. The highest BCUT2D eigenvalue weighted by Crippen LogP contribution is 2.37. The summed E-state index contributed by atoms with van der Waals surface area (Å²) in [6.07, 6.45) is 0. The molecule has 0 saturated carbocycles. The molecule has 0 unspecified atom stereocenters. The van der Waals surface area contributed by atoms with Gasteiger partial charge in [0.05, 0.1) is 0 Å². The van der Waals surface area contributed by atoms with Crippen molar-refractivity contribution in [2.75, 3.05) is 13.3 Å². The van der Waals surface area contributed by atoms with Crippen LogP contribution in [0, 0.1) is 0 Å². The monoisotopic (exact) mass is 349 g/mol. The first-order valence-electron chi connectivity index (χ1n) is 6.83. The molecule has 0 fully saturated rings. The topological polar surface area (TPSA) is 39.7 Å². The Kier molecular flexibility index (Phi) is 4.31. The Hall–Kier alpha value is -1.72. The molecule has 1 N–H and O–H groups in total. The number of hydrogen-bond donors (Lipinski definition) is 1. The summed E-state index contributed by atoms with van der Waals surface area (Å²) in [5.74, 6) is 3.04. The quantitative estimate of drug-likeness (QED) is 0.882.